The van der Waals surface area contributed by atoms with Crippen LogP contribution < -0.4 is 15.1 Å². The average molecular weight is 374 g/mol. The lowest BCUT2D eigenvalue weighted by atomic mass is 10.2. The smallest absolute Gasteiger partial charge is 0.278 e. The molecule has 0 aromatic carbocycles. The summed E-state index contributed by atoms with van der Waals surface area (Å²) in [6.45, 7) is 7.71. The Bertz CT molecular complexity index is 495. The van der Waals surface area contributed by atoms with Gasteiger partial charge in [0.15, 0.2) is 6.04 Å². The third-order valence-corrected chi connectivity index (χ3v) is 6.21. The number of thiophene rings is 1. The first kappa shape index (κ1) is 15.5. The molecule has 1 amide bonds. The Hall–Kier alpha value is -0.430. The van der Waals surface area contributed by atoms with E-state index >= 15 is 0 Å². The first-order valence-electron chi connectivity index (χ1n) is 7.84. The Labute approximate surface area is 138 Å². The summed E-state index contributed by atoms with van der Waals surface area (Å²) in [4.78, 5) is 16.7. The first-order chi connectivity index (χ1) is 10.1. The van der Waals surface area contributed by atoms with Crippen molar-refractivity contribution in [2.45, 2.75) is 38.4 Å². The van der Waals surface area contributed by atoms with Gasteiger partial charge in [0, 0.05) is 6.04 Å². The molecule has 0 spiro atoms. The largest absolute Gasteiger partial charge is 0.348 e. The Kier molecular flexibility index (Phi) is 4.99. The molecular weight excluding hydrogens is 350 g/mol. The maximum Gasteiger partial charge on any atom is 0.278 e. The lowest BCUT2D eigenvalue weighted by molar-refractivity contribution is -1.02. The number of quaternary nitrogens is 2. The number of hydrogen-bond donors (Lipinski definition) is 3. The molecule has 0 bridgehead atoms. The Morgan fingerprint density at radius 1 is 1.38 bits per heavy atom. The number of piperazine rings is 1. The number of rotatable bonds is 5. The molecule has 21 heavy (non-hydrogen) atoms. The number of nitrogens with one attached hydrogen (secondary N) is 3. The van der Waals surface area contributed by atoms with Crippen molar-refractivity contribution in [2.75, 3.05) is 26.2 Å². The minimum atomic E-state index is 0.100. The molecule has 1 saturated heterocycles. The van der Waals surface area contributed by atoms with Crippen LogP contribution in [0.15, 0.2) is 15.9 Å². The van der Waals surface area contributed by atoms with Gasteiger partial charge in [0.2, 0.25) is 0 Å². The molecule has 1 aliphatic heterocycles. The van der Waals surface area contributed by atoms with Gasteiger partial charge in [-0.3, -0.25) is 4.79 Å². The van der Waals surface area contributed by atoms with Crippen LogP contribution in [0.25, 0.3) is 0 Å². The van der Waals surface area contributed by atoms with Gasteiger partial charge in [0.1, 0.15) is 32.7 Å². The highest BCUT2D eigenvalue weighted by Crippen LogP contribution is 2.21. The highest BCUT2D eigenvalue weighted by molar-refractivity contribution is 9.11. The molecule has 3 N–H and O–H groups in total. The monoisotopic (exact) mass is 373 g/mol. The third-order valence-electron chi connectivity index (χ3n) is 4.58. The van der Waals surface area contributed by atoms with Gasteiger partial charge >= 0.3 is 0 Å². The van der Waals surface area contributed by atoms with Crippen molar-refractivity contribution in [2.24, 2.45) is 0 Å². The third kappa shape index (κ3) is 4.28. The van der Waals surface area contributed by atoms with E-state index in [9.17, 15) is 4.79 Å². The molecule has 1 saturated carbocycles. The molecule has 116 valence electrons. The summed E-state index contributed by atoms with van der Waals surface area (Å²) in [5, 5.41) is 3.13. The van der Waals surface area contributed by atoms with E-state index in [2.05, 4.69) is 40.3 Å². The summed E-state index contributed by atoms with van der Waals surface area (Å²) in [7, 11) is 0. The normalized spacial score (nSPS) is 27.3. The SMILES string of the molecule is C[C@@H](C(=O)NC1CC1)[NH+]1CC[NH+](Cc2ccc(Br)s2)CC1. The van der Waals surface area contributed by atoms with Gasteiger partial charge in [-0.1, -0.05) is 0 Å². The van der Waals surface area contributed by atoms with Gasteiger partial charge in [-0.25, -0.2) is 0 Å². The standard InChI is InChI=1S/C15H22BrN3OS/c1-11(15(20)17-12-2-3-12)19-8-6-18(7-9-19)10-13-4-5-14(16)21-13/h4-5,11-12H,2-3,6-10H2,1H3,(H,17,20)/p+2/t11-/m0/s1. The second kappa shape index (κ2) is 6.77. The van der Waals surface area contributed by atoms with Crippen LogP contribution in [0.1, 0.15) is 24.6 Å². The molecule has 4 nitrogen and oxygen atoms in total. The highest BCUT2D eigenvalue weighted by Gasteiger charge is 2.33. The fourth-order valence-electron chi connectivity index (χ4n) is 2.97. The molecule has 2 fully saturated rings. The summed E-state index contributed by atoms with van der Waals surface area (Å²) < 4.78 is 1.21. The summed E-state index contributed by atoms with van der Waals surface area (Å²) in [5.74, 6) is 0.248. The minimum Gasteiger partial charge on any atom is -0.348 e. The van der Waals surface area contributed by atoms with E-state index in [4.69, 9.17) is 0 Å². The van der Waals surface area contributed by atoms with Crippen molar-refractivity contribution >= 4 is 33.2 Å². The summed E-state index contributed by atoms with van der Waals surface area (Å²) in [6.07, 6.45) is 2.34. The van der Waals surface area contributed by atoms with Crippen LogP contribution in [0.2, 0.25) is 0 Å². The van der Waals surface area contributed by atoms with Crippen molar-refractivity contribution in [3.05, 3.63) is 20.8 Å². The topological polar surface area (TPSA) is 38.0 Å². The maximum atomic E-state index is 12.1. The van der Waals surface area contributed by atoms with E-state index in [1.165, 1.54) is 26.4 Å². The number of carbonyl (C=O) groups excluding carboxylic acids is 1. The second-order valence-corrected chi connectivity index (χ2v) is 8.84. The number of carbonyl (C=O) groups is 1. The molecule has 3 rings (SSSR count). The van der Waals surface area contributed by atoms with Gasteiger partial charge < -0.3 is 15.1 Å². The van der Waals surface area contributed by atoms with E-state index < -0.39 is 0 Å². The van der Waals surface area contributed by atoms with Gasteiger partial charge in [0.25, 0.3) is 5.91 Å². The highest BCUT2D eigenvalue weighted by atomic mass is 79.9. The number of amides is 1. The second-order valence-electron chi connectivity index (χ2n) is 6.30. The van der Waals surface area contributed by atoms with E-state index in [1.807, 2.05) is 11.3 Å². The average Bonchev–Trinajstić information content (AvgIpc) is 3.20. The number of hydrogen-bond acceptors (Lipinski definition) is 2. The minimum absolute atomic E-state index is 0.100. The molecule has 1 aliphatic carbocycles. The summed E-state index contributed by atoms with van der Waals surface area (Å²) in [5.41, 5.74) is 0. The molecule has 1 aromatic rings. The van der Waals surface area contributed by atoms with Crippen molar-refractivity contribution < 1.29 is 14.6 Å². The van der Waals surface area contributed by atoms with Crippen LogP contribution in [-0.4, -0.2) is 44.2 Å². The lowest BCUT2D eigenvalue weighted by Gasteiger charge is -2.32. The Balaban J connectivity index is 1.44. The zero-order chi connectivity index (χ0) is 14.8. The van der Waals surface area contributed by atoms with E-state index in [1.54, 1.807) is 4.90 Å². The predicted octanol–water partition coefficient (Wildman–Crippen LogP) is -0.539. The molecule has 1 aromatic heterocycles. The van der Waals surface area contributed by atoms with Gasteiger partial charge in [-0.15, -0.1) is 11.3 Å². The van der Waals surface area contributed by atoms with Gasteiger partial charge in [0.05, 0.1) is 8.66 Å². The molecule has 0 radical (unpaired) electrons. The first-order valence-corrected chi connectivity index (χ1v) is 9.45. The number of halogens is 1. The molecule has 6 heteroatoms. The molecular formula is C15H24BrN3OS+2. The molecule has 2 heterocycles. The maximum absolute atomic E-state index is 12.1. The fourth-order valence-corrected chi connectivity index (χ4v) is 4.52. The molecule has 0 unspecified atom stereocenters. The zero-order valence-corrected chi connectivity index (χ0v) is 14.9. The van der Waals surface area contributed by atoms with Crippen LogP contribution in [-0.2, 0) is 11.3 Å². The lowest BCUT2D eigenvalue weighted by Crippen LogP contribution is -3.29. The van der Waals surface area contributed by atoms with Crippen molar-refractivity contribution in [1.29, 1.82) is 0 Å². The van der Waals surface area contributed by atoms with E-state index in [0.717, 1.165) is 32.7 Å². The van der Waals surface area contributed by atoms with Crippen molar-refractivity contribution in [1.82, 2.24) is 5.32 Å². The van der Waals surface area contributed by atoms with Crippen molar-refractivity contribution in [3.63, 3.8) is 0 Å². The Morgan fingerprint density at radius 3 is 2.67 bits per heavy atom. The van der Waals surface area contributed by atoms with Crippen LogP contribution in [0.4, 0.5) is 0 Å². The molecule has 1 atom stereocenters. The van der Waals surface area contributed by atoms with E-state index in [-0.39, 0.29) is 11.9 Å². The van der Waals surface area contributed by atoms with Gasteiger partial charge in [-0.05, 0) is 47.8 Å². The van der Waals surface area contributed by atoms with Crippen LogP contribution in [0.5, 0.6) is 0 Å². The quantitative estimate of drug-likeness (QED) is 0.637. The van der Waals surface area contributed by atoms with Crippen LogP contribution >= 0.6 is 27.3 Å². The van der Waals surface area contributed by atoms with Crippen LogP contribution in [0, 0.1) is 0 Å². The zero-order valence-electron chi connectivity index (χ0n) is 12.5. The fraction of sp³-hybridized carbons (Fsp3) is 0.667. The van der Waals surface area contributed by atoms with Crippen molar-refractivity contribution in [3.8, 4) is 0 Å². The predicted molar refractivity (Wildman–Crippen MR) is 87.7 cm³/mol. The van der Waals surface area contributed by atoms with Gasteiger partial charge in [-0.2, -0.15) is 0 Å². The summed E-state index contributed by atoms with van der Waals surface area (Å²) >= 11 is 5.36. The van der Waals surface area contributed by atoms with E-state index in [0.29, 0.717) is 6.04 Å². The Morgan fingerprint density at radius 2 is 2.10 bits per heavy atom. The molecule has 2 aliphatic rings. The van der Waals surface area contributed by atoms with Crippen LogP contribution in [0.3, 0.4) is 0 Å². The summed E-state index contributed by atoms with van der Waals surface area (Å²) in [6, 6.07) is 4.92.